The fourth-order valence-corrected chi connectivity index (χ4v) is 2.35. The third kappa shape index (κ3) is 2.38. The lowest BCUT2D eigenvalue weighted by molar-refractivity contribution is 0.0600. The van der Waals surface area contributed by atoms with E-state index >= 15 is 0 Å². The van der Waals surface area contributed by atoms with E-state index in [9.17, 15) is 4.79 Å². The summed E-state index contributed by atoms with van der Waals surface area (Å²) in [7, 11) is 1.40. The predicted octanol–water partition coefficient (Wildman–Crippen LogP) is 3.23. The van der Waals surface area contributed by atoms with Crippen molar-refractivity contribution >= 4 is 5.97 Å². The zero-order valence-electron chi connectivity index (χ0n) is 11.7. The fraction of sp³-hybridized carbons (Fsp3) is 0.333. The molecule has 0 amide bonds. The number of carbonyl (C=O) groups is 1. The molecule has 0 radical (unpaired) electrons. The van der Waals surface area contributed by atoms with Gasteiger partial charge in [0.2, 0.25) is 0 Å². The summed E-state index contributed by atoms with van der Waals surface area (Å²) in [6, 6.07) is 6.03. The van der Waals surface area contributed by atoms with Gasteiger partial charge in [0.15, 0.2) is 0 Å². The predicted molar refractivity (Wildman–Crippen MR) is 74.1 cm³/mol. The Morgan fingerprint density at radius 2 is 1.95 bits per heavy atom. The zero-order valence-corrected chi connectivity index (χ0v) is 11.7. The summed E-state index contributed by atoms with van der Waals surface area (Å²) < 4.78 is 6.98. The molecule has 0 aliphatic rings. The summed E-state index contributed by atoms with van der Waals surface area (Å²) in [6.07, 6.45) is 3.50. The third-order valence-electron chi connectivity index (χ3n) is 3.19. The van der Waals surface area contributed by atoms with Gasteiger partial charge >= 0.3 is 5.97 Å². The number of hydrogen-bond acceptors (Lipinski definition) is 3. The summed E-state index contributed by atoms with van der Waals surface area (Å²) in [5, 5.41) is 0. The minimum Gasteiger partial charge on any atom is -0.465 e. The quantitative estimate of drug-likeness (QED) is 0.794. The van der Waals surface area contributed by atoms with E-state index in [2.05, 4.69) is 23.4 Å². The second-order valence-corrected chi connectivity index (χ2v) is 4.72. The molecule has 2 rings (SSSR count). The topological polar surface area (TPSA) is 44.1 Å². The van der Waals surface area contributed by atoms with Gasteiger partial charge in [0.25, 0.3) is 0 Å². The largest absolute Gasteiger partial charge is 0.465 e. The van der Waals surface area contributed by atoms with E-state index in [1.807, 2.05) is 25.1 Å². The Balaban J connectivity index is 2.64. The van der Waals surface area contributed by atoms with Crippen molar-refractivity contribution in [2.24, 2.45) is 0 Å². The first kappa shape index (κ1) is 13.3. The highest BCUT2D eigenvalue weighted by atomic mass is 16.5. The normalized spacial score (nSPS) is 10.8. The summed E-state index contributed by atoms with van der Waals surface area (Å²) in [5.74, 6) is -0.299. The minimum absolute atomic E-state index is 0.265. The van der Waals surface area contributed by atoms with Crippen LogP contribution in [0.5, 0.6) is 0 Å². The van der Waals surface area contributed by atoms with Crippen LogP contribution in [0.3, 0.4) is 0 Å². The van der Waals surface area contributed by atoms with Crippen LogP contribution >= 0.6 is 0 Å². The molecular formula is C15H18N2O2. The molecule has 0 saturated carbocycles. The maximum atomic E-state index is 11.8. The number of hydrogen-bond donors (Lipinski definition) is 0. The van der Waals surface area contributed by atoms with E-state index in [1.165, 1.54) is 7.11 Å². The van der Waals surface area contributed by atoms with Gasteiger partial charge in [-0.2, -0.15) is 0 Å². The van der Waals surface area contributed by atoms with Crippen molar-refractivity contribution in [1.82, 2.24) is 9.55 Å². The van der Waals surface area contributed by atoms with Crippen LogP contribution in [-0.4, -0.2) is 22.6 Å². The molecule has 19 heavy (non-hydrogen) atoms. The SMILES string of the molecule is COC(=O)c1cc(-c2ccncc2)n(C(C)C)c1C. The van der Waals surface area contributed by atoms with Crippen LogP contribution in [0.4, 0.5) is 0 Å². The third-order valence-corrected chi connectivity index (χ3v) is 3.19. The number of methoxy groups -OCH3 is 1. The van der Waals surface area contributed by atoms with E-state index in [1.54, 1.807) is 12.4 Å². The average Bonchev–Trinajstić information content (AvgIpc) is 2.76. The van der Waals surface area contributed by atoms with Crippen LogP contribution in [0.15, 0.2) is 30.6 Å². The second-order valence-electron chi connectivity index (χ2n) is 4.72. The monoisotopic (exact) mass is 258 g/mol. The van der Waals surface area contributed by atoms with Gasteiger partial charge in [-0.3, -0.25) is 4.98 Å². The molecule has 100 valence electrons. The van der Waals surface area contributed by atoms with E-state index in [4.69, 9.17) is 4.74 Å². The lowest BCUT2D eigenvalue weighted by Crippen LogP contribution is -2.07. The molecule has 2 aromatic heterocycles. The van der Waals surface area contributed by atoms with Crippen LogP contribution in [0, 0.1) is 6.92 Å². The molecule has 4 nitrogen and oxygen atoms in total. The van der Waals surface area contributed by atoms with Gasteiger partial charge < -0.3 is 9.30 Å². The van der Waals surface area contributed by atoms with Gasteiger partial charge in [0.1, 0.15) is 0 Å². The average molecular weight is 258 g/mol. The van der Waals surface area contributed by atoms with Crippen molar-refractivity contribution in [1.29, 1.82) is 0 Å². The van der Waals surface area contributed by atoms with Crippen molar-refractivity contribution in [3.63, 3.8) is 0 Å². The Kier molecular flexibility index (Phi) is 3.69. The number of esters is 1. The second kappa shape index (κ2) is 5.26. The van der Waals surface area contributed by atoms with Crippen molar-refractivity contribution in [3.8, 4) is 11.3 Å². The minimum atomic E-state index is -0.299. The molecule has 4 heteroatoms. The first-order valence-corrected chi connectivity index (χ1v) is 6.26. The van der Waals surface area contributed by atoms with Crippen LogP contribution in [0.2, 0.25) is 0 Å². The van der Waals surface area contributed by atoms with Gasteiger partial charge in [0.05, 0.1) is 12.7 Å². The molecule has 0 aliphatic heterocycles. The van der Waals surface area contributed by atoms with Crippen molar-refractivity contribution in [2.75, 3.05) is 7.11 Å². The zero-order chi connectivity index (χ0) is 14.0. The molecular weight excluding hydrogens is 240 g/mol. The maximum Gasteiger partial charge on any atom is 0.339 e. The molecule has 0 aliphatic carbocycles. The number of ether oxygens (including phenoxy) is 1. The smallest absolute Gasteiger partial charge is 0.339 e. The Morgan fingerprint density at radius 3 is 2.47 bits per heavy atom. The van der Waals surface area contributed by atoms with E-state index in [0.29, 0.717) is 5.56 Å². The van der Waals surface area contributed by atoms with E-state index < -0.39 is 0 Å². The molecule has 0 bridgehead atoms. The summed E-state index contributed by atoms with van der Waals surface area (Å²) in [5.41, 5.74) is 3.59. The molecule has 0 atom stereocenters. The van der Waals surface area contributed by atoms with Crippen molar-refractivity contribution in [3.05, 3.63) is 41.9 Å². The highest BCUT2D eigenvalue weighted by molar-refractivity contribution is 5.92. The molecule has 0 unspecified atom stereocenters. The van der Waals surface area contributed by atoms with E-state index in [-0.39, 0.29) is 12.0 Å². The lowest BCUT2D eigenvalue weighted by atomic mass is 10.1. The summed E-state index contributed by atoms with van der Waals surface area (Å²) >= 11 is 0. The van der Waals surface area contributed by atoms with Crippen molar-refractivity contribution < 1.29 is 9.53 Å². The van der Waals surface area contributed by atoms with Gasteiger partial charge in [-0.25, -0.2) is 4.79 Å². The fourth-order valence-electron chi connectivity index (χ4n) is 2.35. The Hall–Kier alpha value is -2.10. The van der Waals surface area contributed by atoms with Gasteiger partial charge in [-0.1, -0.05) is 0 Å². The molecule has 0 saturated heterocycles. The highest BCUT2D eigenvalue weighted by Crippen LogP contribution is 2.29. The highest BCUT2D eigenvalue weighted by Gasteiger charge is 2.20. The van der Waals surface area contributed by atoms with Crippen LogP contribution < -0.4 is 0 Å². The molecule has 0 N–H and O–H groups in total. The van der Waals surface area contributed by atoms with Crippen molar-refractivity contribution in [2.45, 2.75) is 26.8 Å². The number of rotatable bonds is 3. The number of nitrogens with zero attached hydrogens (tertiary/aromatic N) is 2. The summed E-state index contributed by atoms with van der Waals surface area (Å²) in [6.45, 7) is 6.13. The molecule has 0 spiro atoms. The first-order valence-electron chi connectivity index (χ1n) is 6.26. The van der Waals surface area contributed by atoms with Gasteiger partial charge in [-0.15, -0.1) is 0 Å². The van der Waals surface area contributed by atoms with Crippen LogP contribution in [-0.2, 0) is 4.74 Å². The molecule has 0 fully saturated rings. The Morgan fingerprint density at radius 1 is 1.32 bits per heavy atom. The molecule has 0 aromatic carbocycles. The van der Waals surface area contributed by atoms with Crippen LogP contribution in [0.1, 0.15) is 35.9 Å². The Bertz CT molecular complexity index is 586. The Labute approximate surface area is 113 Å². The van der Waals surface area contributed by atoms with Gasteiger partial charge in [-0.05, 0) is 39.0 Å². The van der Waals surface area contributed by atoms with E-state index in [0.717, 1.165) is 17.0 Å². The molecule has 2 aromatic rings. The standard InChI is InChI=1S/C15H18N2O2/c1-10(2)17-11(3)13(15(18)19-4)9-14(17)12-5-7-16-8-6-12/h5-10H,1-4H3. The lowest BCUT2D eigenvalue weighted by Gasteiger charge is -2.15. The maximum absolute atomic E-state index is 11.8. The number of aromatic nitrogens is 2. The van der Waals surface area contributed by atoms with Crippen LogP contribution in [0.25, 0.3) is 11.3 Å². The van der Waals surface area contributed by atoms with Gasteiger partial charge in [0, 0.05) is 35.4 Å². The summed E-state index contributed by atoms with van der Waals surface area (Å²) in [4.78, 5) is 15.8. The number of pyridine rings is 1. The first-order chi connectivity index (χ1) is 9.06. The molecule has 2 heterocycles. The number of carbonyl (C=O) groups excluding carboxylic acids is 1.